The summed E-state index contributed by atoms with van der Waals surface area (Å²) in [5.74, 6) is -1.35. The molecular weight excluding hydrogens is 383 g/mol. The minimum atomic E-state index is -4.86. The van der Waals surface area contributed by atoms with Crippen molar-refractivity contribution in [2.75, 3.05) is 0 Å². The molecule has 2 aromatic carbocycles. The number of Topliss-reactive ketones (excluding diaryl/α,β-unsaturated/α-hetero) is 1. The molecule has 1 atom stereocenters. The van der Waals surface area contributed by atoms with Gasteiger partial charge in [-0.25, -0.2) is 4.98 Å². The number of ether oxygens (including phenoxy) is 1. The maximum absolute atomic E-state index is 12.7. The number of hydrogen-bond acceptors (Lipinski definition) is 4. The molecule has 5 nitrogen and oxygen atoms in total. The maximum atomic E-state index is 12.7. The van der Waals surface area contributed by atoms with Gasteiger partial charge in [-0.3, -0.25) is 4.79 Å². The van der Waals surface area contributed by atoms with Crippen LogP contribution in [-0.2, 0) is 0 Å². The Morgan fingerprint density at radius 3 is 2.55 bits per heavy atom. The van der Waals surface area contributed by atoms with Gasteiger partial charge in [0.1, 0.15) is 11.6 Å². The molecule has 2 N–H and O–H groups in total. The molecule has 0 saturated carbocycles. The number of alkyl halides is 3. The minimum absolute atomic E-state index is 0.0509. The molecule has 1 unspecified atom stereocenters. The van der Waals surface area contributed by atoms with Gasteiger partial charge < -0.3 is 15.1 Å². The highest BCUT2D eigenvalue weighted by molar-refractivity contribution is 6.46. The van der Waals surface area contributed by atoms with Crippen molar-refractivity contribution in [2.45, 2.75) is 25.6 Å². The number of ketones is 1. The van der Waals surface area contributed by atoms with Crippen LogP contribution in [0.1, 0.15) is 35.4 Å². The fourth-order valence-electron chi connectivity index (χ4n) is 2.96. The van der Waals surface area contributed by atoms with Crippen molar-refractivity contribution < 1.29 is 22.7 Å². The van der Waals surface area contributed by atoms with E-state index in [0.717, 1.165) is 23.4 Å². The van der Waals surface area contributed by atoms with E-state index in [4.69, 9.17) is 5.41 Å². The lowest BCUT2D eigenvalue weighted by atomic mass is 9.93. The first-order valence-corrected chi connectivity index (χ1v) is 8.87. The zero-order valence-electron chi connectivity index (χ0n) is 15.5. The van der Waals surface area contributed by atoms with Crippen LogP contribution in [0.25, 0.3) is 11.3 Å². The summed E-state index contributed by atoms with van der Waals surface area (Å²) < 4.78 is 41.1. The van der Waals surface area contributed by atoms with E-state index in [-0.39, 0.29) is 11.3 Å². The first kappa shape index (κ1) is 20.3. The zero-order valence-corrected chi connectivity index (χ0v) is 15.5. The van der Waals surface area contributed by atoms with E-state index in [1.54, 1.807) is 13.1 Å². The van der Waals surface area contributed by atoms with Crippen LogP contribution in [0.3, 0.4) is 0 Å². The number of benzene rings is 2. The quantitative estimate of drug-likeness (QED) is 0.413. The number of aromatic nitrogens is 2. The van der Waals surface area contributed by atoms with Crippen LogP contribution in [0.4, 0.5) is 13.2 Å². The summed E-state index contributed by atoms with van der Waals surface area (Å²) >= 11 is 0. The molecule has 0 amide bonds. The number of aromatic amines is 1. The summed E-state index contributed by atoms with van der Waals surface area (Å²) in [5, 5.41) is 8.32. The van der Waals surface area contributed by atoms with E-state index < -0.39 is 23.8 Å². The molecule has 1 heterocycles. The van der Waals surface area contributed by atoms with Crippen molar-refractivity contribution in [3.05, 3.63) is 72.2 Å². The molecule has 150 valence electrons. The smallest absolute Gasteiger partial charge is 0.406 e. The Balaban J connectivity index is 1.82. The predicted molar refractivity (Wildman–Crippen MR) is 102 cm³/mol. The third-order valence-electron chi connectivity index (χ3n) is 4.34. The van der Waals surface area contributed by atoms with E-state index >= 15 is 0 Å². The molecule has 0 bridgehead atoms. The SMILES string of the molecule is CCC(C(=N)C(=O)c1cccc(OC(F)(F)F)c1)c1ncc(-c2ccccc2)[nH]1. The summed E-state index contributed by atoms with van der Waals surface area (Å²) in [4.78, 5) is 20.1. The van der Waals surface area contributed by atoms with Crippen molar-refractivity contribution in [3.8, 4) is 17.0 Å². The third-order valence-corrected chi connectivity index (χ3v) is 4.34. The normalized spacial score (nSPS) is 12.4. The molecule has 0 fully saturated rings. The van der Waals surface area contributed by atoms with Gasteiger partial charge in [-0.15, -0.1) is 13.2 Å². The fraction of sp³-hybridized carbons (Fsp3) is 0.190. The second-order valence-corrected chi connectivity index (χ2v) is 6.33. The minimum Gasteiger partial charge on any atom is -0.406 e. The molecule has 0 aliphatic rings. The Bertz CT molecular complexity index is 1010. The molecule has 0 spiro atoms. The lowest BCUT2D eigenvalue weighted by Gasteiger charge is -2.14. The van der Waals surface area contributed by atoms with Crippen LogP contribution in [0.15, 0.2) is 60.8 Å². The molecular formula is C21H18F3N3O2. The van der Waals surface area contributed by atoms with Gasteiger partial charge in [0.15, 0.2) is 0 Å². The number of imidazole rings is 1. The lowest BCUT2D eigenvalue weighted by molar-refractivity contribution is -0.274. The van der Waals surface area contributed by atoms with Gasteiger partial charge in [-0.2, -0.15) is 0 Å². The maximum Gasteiger partial charge on any atom is 0.573 e. The molecule has 3 aromatic rings. The summed E-state index contributed by atoms with van der Waals surface area (Å²) in [6, 6.07) is 14.2. The summed E-state index contributed by atoms with van der Waals surface area (Å²) in [6.45, 7) is 1.81. The predicted octanol–water partition coefficient (Wildman–Crippen LogP) is 5.37. The van der Waals surface area contributed by atoms with Crippen molar-refractivity contribution in [1.29, 1.82) is 5.41 Å². The van der Waals surface area contributed by atoms with E-state index in [0.29, 0.717) is 12.2 Å². The molecule has 0 saturated heterocycles. The van der Waals surface area contributed by atoms with Gasteiger partial charge >= 0.3 is 6.36 Å². The van der Waals surface area contributed by atoms with Crippen molar-refractivity contribution in [1.82, 2.24) is 9.97 Å². The highest BCUT2D eigenvalue weighted by Crippen LogP contribution is 2.26. The Kier molecular flexibility index (Phi) is 5.81. The largest absolute Gasteiger partial charge is 0.573 e. The van der Waals surface area contributed by atoms with Crippen LogP contribution in [0.5, 0.6) is 5.75 Å². The number of hydrogen-bond donors (Lipinski definition) is 2. The molecule has 3 rings (SSSR count). The number of H-pyrrole nitrogens is 1. The van der Waals surface area contributed by atoms with Gasteiger partial charge in [0.25, 0.3) is 0 Å². The van der Waals surface area contributed by atoms with Gasteiger partial charge in [0, 0.05) is 5.56 Å². The highest BCUT2D eigenvalue weighted by Gasteiger charge is 2.32. The third kappa shape index (κ3) is 4.90. The average Bonchev–Trinajstić information content (AvgIpc) is 3.17. The molecule has 0 aliphatic heterocycles. The van der Waals surface area contributed by atoms with Crippen molar-refractivity contribution in [3.63, 3.8) is 0 Å². The van der Waals surface area contributed by atoms with Crippen molar-refractivity contribution in [2.24, 2.45) is 0 Å². The molecule has 1 aromatic heterocycles. The number of nitrogens with zero attached hydrogens (tertiary/aromatic N) is 1. The second kappa shape index (κ2) is 8.30. The van der Waals surface area contributed by atoms with E-state index in [2.05, 4.69) is 14.7 Å². The molecule has 8 heteroatoms. The van der Waals surface area contributed by atoms with Gasteiger partial charge in [-0.1, -0.05) is 49.4 Å². The number of nitrogens with one attached hydrogen (secondary N) is 2. The topological polar surface area (TPSA) is 78.8 Å². The van der Waals surface area contributed by atoms with Crippen LogP contribution in [0.2, 0.25) is 0 Å². The zero-order chi connectivity index (χ0) is 21.0. The first-order chi connectivity index (χ1) is 13.8. The lowest BCUT2D eigenvalue weighted by Crippen LogP contribution is -2.23. The number of halogens is 3. The van der Waals surface area contributed by atoms with Gasteiger partial charge in [0.05, 0.1) is 23.5 Å². The Morgan fingerprint density at radius 1 is 1.17 bits per heavy atom. The molecule has 0 aliphatic carbocycles. The summed E-state index contributed by atoms with van der Waals surface area (Å²) in [7, 11) is 0. The fourth-order valence-corrected chi connectivity index (χ4v) is 2.96. The van der Waals surface area contributed by atoms with Crippen LogP contribution >= 0.6 is 0 Å². The van der Waals surface area contributed by atoms with E-state index in [1.807, 2.05) is 30.3 Å². The van der Waals surface area contributed by atoms with Crippen LogP contribution in [0, 0.1) is 5.41 Å². The number of carbonyl (C=O) groups excluding carboxylic acids is 1. The average molecular weight is 401 g/mol. The van der Waals surface area contributed by atoms with Crippen molar-refractivity contribution >= 4 is 11.5 Å². The monoisotopic (exact) mass is 401 g/mol. The Morgan fingerprint density at radius 2 is 1.90 bits per heavy atom. The standard InChI is InChI=1S/C21H18F3N3O2/c1-2-16(20-26-12-17(27-20)13-7-4-3-5-8-13)18(25)19(28)14-9-6-10-15(11-14)29-21(22,23)24/h3-12,16,25H,2H2,1H3,(H,26,27). The summed E-state index contributed by atoms with van der Waals surface area (Å²) in [5.41, 5.74) is 1.35. The molecule has 29 heavy (non-hydrogen) atoms. The number of carbonyl (C=O) groups is 1. The van der Waals surface area contributed by atoms with Crippen LogP contribution < -0.4 is 4.74 Å². The first-order valence-electron chi connectivity index (χ1n) is 8.87. The molecule has 0 radical (unpaired) electrons. The van der Waals surface area contributed by atoms with E-state index in [1.165, 1.54) is 12.1 Å². The Hall–Kier alpha value is -3.42. The van der Waals surface area contributed by atoms with Gasteiger partial charge in [-0.05, 0) is 24.1 Å². The van der Waals surface area contributed by atoms with Gasteiger partial charge in [0.2, 0.25) is 5.78 Å². The summed E-state index contributed by atoms with van der Waals surface area (Å²) in [6.07, 6.45) is -2.81. The number of rotatable bonds is 7. The highest BCUT2D eigenvalue weighted by atomic mass is 19.4. The van der Waals surface area contributed by atoms with E-state index in [9.17, 15) is 18.0 Å². The Labute approximate surface area is 165 Å². The second-order valence-electron chi connectivity index (χ2n) is 6.33. The van der Waals surface area contributed by atoms with Crippen LogP contribution in [-0.4, -0.2) is 27.8 Å².